The van der Waals surface area contributed by atoms with Crippen molar-refractivity contribution < 1.29 is 19.1 Å². The third-order valence-corrected chi connectivity index (χ3v) is 4.79. The van der Waals surface area contributed by atoms with Crippen LogP contribution in [-0.4, -0.2) is 37.1 Å². The molecule has 0 aromatic heterocycles. The molecule has 0 bridgehead atoms. The molecule has 25 heavy (non-hydrogen) atoms. The van der Waals surface area contributed by atoms with Gasteiger partial charge in [0.15, 0.2) is 11.5 Å². The number of imide groups is 1. The lowest BCUT2D eigenvalue weighted by Gasteiger charge is -2.29. The molecule has 1 fully saturated rings. The molecule has 2 heterocycles. The molecule has 3 amide bonds. The number of methoxy groups -OCH3 is 2. The number of hydrogen-bond acceptors (Lipinski definition) is 4. The van der Waals surface area contributed by atoms with Gasteiger partial charge in [0, 0.05) is 13.0 Å². The third kappa shape index (κ3) is 2.33. The van der Waals surface area contributed by atoms with Gasteiger partial charge in [-0.05, 0) is 35.4 Å². The largest absolute Gasteiger partial charge is 0.493 e. The van der Waals surface area contributed by atoms with Crippen LogP contribution >= 0.6 is 0 Å². The fraction of sp³-hybridized carbons (Fsp3) is 0.263. The first-order valence-electron chi connectivity index (χ1n) is 8.07. The minimum atomic E-state index is -0.474. The zero-order valence-electron chi connectivity index (χ0n) is 14.1. The number of nitrogens with zero attached hydrogens (tertiary/aromatic N) is 2. The van der Waals surface area contributed by atoms with E-state index in [4.69, 9.17) is 9.47 Å². The Hall–Kier alpha value is -3.02. The number of carbonyl (C=O) groups is 2. The van der Waals surface area contributed by atoms with E-state index in [0.717, 1.165) is 11.1 Å². The molecule has 1 saturated heterocycles. The molecule has 2 aromatic rings. The number of hydrogen-bond donors (Lipinski definition) is 0. The van der Waals surface area contributed by atoms with Crippen molar-refractivity contribution in [3.63, 3.8) is 0 Å². The number of anilines is 1. The smallest absolute Gasteiger partial charge is 0.332 e. The molecule has 6 nitrogen and oxygen atoms in total. The number of para-hydroxylation sites is 1. The first-order chi connectivity index (χ1) is 12.1. The topological polar surface area (TPSA) is 59.1 Å². The monoisotopic (exact) mass is 338 g/mol. The standard InChI is InChI=1S/C19H18N2O4/c1-24-16-9-12-8-15-18(22)21(14-6-4-3-5-7-14)19(23)20(15)11-13(12)10-17(16)25-2/h3-7,9-10,15H,8,11H2,1-2H3/t15-/m0/s1. The zero-order chi connectivity index (χ0) is 17.6. The van der Waals surface area contributed by atoms with Gasteiger partial charge in [0.1, 0.15) is 6.04 Å². The van der Waals surface area contributed by atoms with Crippen molar-refractivity contribution in [2.24, 2.45) is 0 Å². The van der Waals surface area contributed by atoms with Crippen molar-refractivity contribution in [3.8, 4) is 11.5 Å². The Labute approximate surface area is 145 Å². The molecule has 0 radical (unpaired) electrons. The molecule has 2 aromatic carbocycles. The van der Waals surface area contributed by atoms with Crippen LogP contribution in [0, 0.1) is 0 Å². The highest BCUT2D eigenvalue weighted by Gasteiger charge is 2.48. The van der Waals surface area contributed by atoms with Crippen molar-refractivity contribution in [1.29, 1.82) is 0 Å². The molecule has 0 N–H and O–H groups in total. The van der Waals surface area contributed by atoms with E-state index < -0.39 is 6.04 Å². The van der Waals surface area contributed by atoms with Gasteiger partial charge in [-0.2, -0.15) is 0 Å². The van der Waals surface area contributed by atoms with E-state index >= 15 is 0 Å². The fourth-order valence-electron chi connectivity index (χ4n) is 3.52. The quantitative estimate of drug-likeness (QED) is 0.807. The van der Waals surface area contributed by atoms with Gasteiger partial charge < -0.3 is 14.4 Å². The summed E-state index contributed by atoms with van der Waals surface area (Å²) >= 11 is 0. The molecule has 0 saturated carbocycles. The van der Waals surface area contributed by atoms with E-state index in [1.54, 1.807) is 31.3 Å². The van der Waals surface area contributed by atoms with Crippen LogP contribution in [0.25, 0.3) is 0 Å². The molecule has 0 unspecified atom stereocenters. The van der Waals surface area contributed by atoms with E-state index in [1.807, 2.05) is 30.3 Å². The van der Waals surface area contributed by atoms with Crippen molar-refractivity contribution >= 4 is 17.6 Å². The predicted molar refractivity (Wildman–Crippen MR) is 91.9 cm³/mol. The lowest BCUT2D eigenvalue weighted by molar-refractivity contribution is -0.120. The normalized spacial score (nSPS) is 18.9. The number of urea groups is 1. The fourth-order valence-corrected chi connectivity index (χ4v) is 3.52. The summed E-state index contributed by atoms with van der Waals surface area (Å²) in [5, 5.41) is 0. The van der Waals surface area contributed by atoms with Crippen LogP contribution < -0.4 is 14.4 Å². The molecule has 2 aliphatic heterocycles. The van der Waals surface area contributed by atoms with Gasteiger partial charge >= 0.3 is 6.03 Å². The molecule has 4 rings (SSSR count). The van der Waals surface area contributed by atoms with E-state index in [9.17, 15) is 9.59 Å². The van der Waals surface area contributed by atoms with E-state index in [-0.39, 0.29) is 11.9 Å². The summed E-state index contributed by atoms with van der Waals surface area (Å²) in [6, 6.07) is 12.1. The Balaban J connectivity index is 1.71. The first-order valence-corrected chi connectivity index (χ1v) is 8.07. The average molecular weight is 338 g/mol. The van der Waals surface area contributed by atoms with Gasteiger partial charge in [0.05, 0.1) is 19.9 Å². The third-order valence-electron chi connectivity index (χ3n) is 4.79. The van der Waals surface area contributed by atoms with E-state index in [0.29, 0.717) is 30.2 Å². The van der Waals surface area contributed by atoms with Crippen molar-refractivity contribution in [3.05, 3.63) is 53.6 Å². The molecule has 2 aliphatic rings. The highest BCUT2D eigenvalue weighted by atomic mass is 16.5. The zero-order valence-corrected chi connectivity index (χ0v) is 14.1. The van der Waals surface area contributed by atoms with Crippen LogP contribution in [-0.2, 0) is 17.8 Å². The van der Waals surface area contributed by atoms with Crippen molar-refractivity contribution in [2.45, 2.75) is 19.0 Å². The van der Waals surface area contributed by atoms with Crippen LogP contribution in [0.2, 0.25) is 0 Å². The second-order valence-electron chi connectivity index (χ2n) is 6.12. The number of carbonyl (C=O) groups excluding carboxylic acids is 2. The van der Waals surface area contributed by atoms with E-state index in [1.165, 1.54) is 4.90 Å². The van der Waals surface area contributed by atoms with Gasteiger partial charge in [-0.1, -0.05) is 18.2 Å². The van der Waals surface area contributed by atoms with E-state index in [2.05, 4.69) is 0 Å². The average Bonchev–Trinajstić information content (AvgIpc) is 2.89. The summed E-state index contributed by atoms with van der Waals surface area (Å²) in [6.07, 6.45) is 0.476. The van der Waals surface area contributed by atoms with Crippen LogP contribution in [0.4, 0.5) is 10.5 Å². The van der Waals surface area contributed by atoms with Crippen molar-refractivity contribution in [2.75, 3.05) is 19.1 Å². The second-order valence-corrected chi connectivity index (χ2v) is 6.12. The lowest BCUT2D eigenvalue weighted by atomic mass is 9.94. The first kappa shape index (κ1) is 15.5. The predicted octanol–water partition coefficient (Wildman–Crippen LogP) is 2.60. The van der Waals surface area contributed by atoms with Crippen LogP contribution in [0.5, 0.6) is 11.5 Å². The molecule has 0 spiro atoms. The minimum absolute atomic E-state index is 0.184. The Morgan fingerprint density at radius 3 is 2.24 bits per heavy atom. The Morgan fingerprint density at radius 1 is 0.960 bits per heavy atom. The molecular weight excluding hydrogens is 320 g/mol. The highest BCUT2D eigenvalue weighted by molar-refractivity contribution is 6.21. The molecule has 6 heteroatoms. The summed E-state index contributed by atoms with van der Waals surface area (Å²) in [7, 11) is 3.16. The van der Waals surface area contributed by atoms with Crippen LogP contribution in [0.1, 0.15) is 11.1 Å². The van der Waals surface area contributed by atoms with Gasteiger partial charge in [0.25, 0.3) is 5.91 Å². The molecule has 0 aliphatic carbocycles. The molecule has 1 atom stereocenters. The maximum atomic E-state index is 12.8. The summed E-state index contributed by atoms with van der Waals surface area (Å²) in [6.45, 7) is 0.383. The lowest BCUT2D eigenvalue weighted by Crippen LogP contribution is -2.40. The number of fused-ring (bicyclic) bond motifs is 2. The number of benzene rings is 2. The maximum absolute atomic E-state index is 12.8. The molecular formula is C19H18N2O4. The SMILES string of the molecule is COc1cc2c(cc1OC)CN1C(=O)N(c3ccccc3)C(=O)[C@@H]1C2. The number of amides is 3. The van der Waals surface area contributed by atoms with Crippen LogP contribution in [0.3, 0.4) is 0 Å². The summed E-state index contributed by atoms with van der Waals surface area (Å²) in [4.78, 5) is 28.6. The second kappa shape index (κ2) is 5.81. The van der Waals surface area contributed by atoms with Crippen LogP contribution in [0.15, 0.2) is 42.5 Å². The van der Waals surface area contributed by atoms with Gasteiger partial charge in [-0.25, -0.2) is 9.69 Å². The van der Waals surface area contributed by atoms with Gasteiger partial charge in [0.2, 0.25) is 0 Å². The Bertz CT molecular complexity index is 799. The van der Waals surface area contributed by atoms with Crippen molar-refractivity contribution in [1.82, 2.24) is 4.90 Å². The summed E-state index contributed by atoms with van der Waals surface area (Å²) in [5.41, 5.74) is 2.59. The number of ether oxygens (including phenoxy) is 2. The number of rotatable bonds is 3. The molecule has 128 valence electrons. The van der Waals surface area contributed by atoms with Gasteiger partial charge in [-0.15, -0.1) is 0 Å². The summed E-state index contributed by atoms with van der Waals surface area (Å²) < 4.78 is 10.7. The maximum Gasteiger partial charge on any atom is 0.332 e. The summed E-state index contributed by atoms with van der Waals surface area (Å²) in [5.74, 6) is 1.07. The Kier molecular flexibility index (Phi) is 3.60. The highest BCUT2D eigenvalue weighted by Crippen LogP contribution is 2.38. The minimum Gasteiger partial charge on any atom is -0.493 e. The Morgan fingerprint density at radius 2 is 1.60 bits per heavy atom. The van der Waals surface area contributed by atoms with Gasteiger partial charge in [-0.3, -0.25) is 4.79 Å².